The maximum atomic E-state index is 13.4. The molecular formula is C24H21ClFN5O2. The van der Waals surface area contributed by atoms with Crippen molar-refractivity contribution in [3.05, 3.63) is 83.4 Å². The summed E-state index contributed by atoms with van der Waals surface area (Å²) in [6, 6.07) is 17.6. The molecule has 168 valence electrons. The van der Waals surface area contributed by atoms with E-state index in [1.165, 1.54) is 18.5 Å². The second-order valence-electron chi connectivity index (χ2n) is 7.59. The van der Waals surface area contributed by atoms with Crippen LogP contribution in [0.15, 0.2) is 67.0 Å². The Kier molecular flexibility index (Phi) is 5.85. The largest absolute Gasteiger partial charge is 0.487 e. The zero-order valence-corrected chi connectivity index (χ0v) is 18.3. The minimum Gasteiger partial charge on any atom is -0.487 e. The molecule has 3 aromatic carbocycles. The third kappa shape index (κ3) is 4.62. The summed E-state index contributed by atoms with van der Waals surface area (Å²) in [6.07, 6.45) is 1.06. The molecule has 3 N–H and O–H groups in total. The smallest absolute Gasteiger partial charge is 0.208 e. The zero-order chi connectivity index (χ0) is 22.8. The molecule has 9 heteroatoms. The summed E-state index contributed by atoms with van der Waals surface area (Å²) in [6.45, 7) is 1.48. The van der Waals surface area contributed by atoms with Gasteiger partial charge >= 0.3 is 0 Å². The van der Waals surface area contributed by atoms with Crippen LogP contribution in [0, 0.1) is 5.82 Å². The molecule has 1 aliphatic rings. The summed E-state index contributed by atoms with van der Waals surface area (Å²) in [4.78, 5) is 10.3. The van der Waals surface area contributed by atoms with Gasteiger partial charge in [0.2, 0.25) is 6.35 Å². The molecule has 1 saturated heterocycles. The van der Waals surface area contributed by atoms with Crippen molar-refractivity contribution in [1.29, 1.82) is 0 Å². The average molecular weight is 466 g/mol. The molecule has 0 spiro atoms. The maximum Gasteiger partial charge on any atom is 0.208 e. The van der Waals surface area contributed by atoms with Gasteiger partial charge in [0.25, 0.3) is 0 Å². The van der Waals surface area contributed by atoms with Crippen molar-refractivity contribution in [2.24, 2.45) is 0 Å². The van der Waals surface area contributed by atoms with Crippen LogP contribution >= 0.6 is 11.6 Å². The van der Waals surface area contributed by atoms with Crippen LogP contribution in [0.2, 0.25) is 5.02 Å². The number of hydrogen-bond donors (Lipinski definition) is 2. The van der Waals surface area contributed by atoms with Crippen LogP contribution < -0.4 is 20.7 Å². The first-order chi connectivity index (χ1) is 16.1. The van der Waals surface area contributed by atoms with Gasteiger partial charge in [-0.05, 0) is 54.1 Å². The molecular weight excluding hydrogens is 445 g/mol. The van der Waals surface area contributed by atoms with Gasteiger partial charge in [-0.15, -0.1) is 0 Å². The van der Waals surface area contributed by atoms with Crippen LogP contribution in [0.5, 0.6) is 5.75 Å². The Morgan fingerprint density at radius 2 is 2.06 bits per heavy atom. The summed E-state index contributed by atoms with van der Waals surface area (Å²) in [7, 11) is 0. The first-order valence-electron chi connectivity index (χ1n) is 10.4. The summed E-state index contributed by atoms with van der Waals surface area (Å²) < 4.78 is 25.0. The molecule has 33 heavy (non-hydrogen) atoms. The molecule has 1 unspecified atom stereocenters. The lowest BCUT2D eigenvalue weighted by Crippen LogP contribution is -2.36. The normalized spacial score (nSPS) is 15.7. The minimum atomic E-state index is -0.386. The van der Waals surface area contributed by atoms with E-state index >= 15 is 0 Å². The standard InChI is InChI=1S/C24H21ClFN5O2/c25-20-12-18(5-7-22(20)33-13-15-2-1-3-16(26)10-15)31-8-9-32-24(31)30-17-4-6-21-19(11-17)23(27)29-14-28-21/h1-7,10-12,14,24,30H,8-9,13H2,(H2,27,28,29). The molecule has 2 heterocycles. The molecule has 0 bridgehead atoms. The van der Waals surface area contributed by atoms with Crippen molar-refractivity contribution < 1.29 is 13.9 Å². The molecule has 1 atom stereocenters. The number of fused-ring (bicyclic) bond motifs is 1. The van der Waals surface area contributed by atoms with E-state index in [4.69, 9.17) is 26.8 Å². The van der Waals surface area contributed by atoms with E-state index in [1.807, 2.05) is 30.3 Å². The number of halogens is 2. The van der Waals surface area contributed by atoms with Crippen molar-refractivity contribution in [3.63, 3.8) is 0 Å². The highest BCUT2D eigenvalue weighted by molar-refractivity contribution is 6.32. The molecule has 0 aliphatic carbocycles. The van der Waals surface area contributed by atoms with Crippen LogP contribution in [0.1, 0.15) is 5.56 Å². The highest BCUT2D eigenvalue weighted by Crippen LogP contribution is 2.33. The predicted molar refractivity (Wildman–Crippen MR) is 127 cm³/mol. The molecule has 1 aliphatic heterocycles. The summed E-state index contributed by atoms with van der Waals surface area (Å²) in [5.74, 6) is 0.652. The maximum absolute atomic E-state index is 13.4. The molecule has 0 amide bonds. The first kappa shape index (κ1) is 21.2. The van der Waals surface area contributed by atoms with Gasteiger partial charge in [-0.25, -0.2) is 14.4 Å². The van der Waals surface area contributed by atoms with Crippen LogP contribution in [0.4, 0.5) is 21.6 Å². The number of nitrogens with one attached hydrogen (secondary N) is 1. The fourth-order valence-electron chi connectivity index (χ4n) is 3.74. The van der Waals surface area contributed by atoms with E-state index in [1.54, 1.807) is 18.2 Å². The highest BCUT2D eigenvalue weighted by Gasteiger charge is 2.26. The SMILES string of the molecule is Nc1ncnc2ccc(NC3OCCN3c3ccc(OCc4cccc(F)c4)c(Cl)c3)cc12. The van der Waals surface area contributed by atoms with Crippen LogP contribution in [0.3, 0.4) is 0 Å². The van der Waals surface area contributed by atoms with Crippen LogP contribution in [-0.4, -0.2) is 29.5 Å². The number of hydrogen-bond acceptors (Lipinski definition) is 7. The Morgan fingerprint density at radius 3 is 2.91 bits per heavy atom. The molecule has 4 aromatic rings. The number of benzene rings is 3. The number of anilines is 3. The topological polar surface area (TPSA) is 85.5 Å². The van der Waals surface area contributed by atoms with Gasteiger partial charge in [-0.1, -0.05) is 23.7 Å². The second kappa shape index (κ2) is 9.09. The Balaban J connectivity index is 1.30. The number of nitrogens with zero attached hydrogens (tertiary/aromatic N) is 3. The number of nitrogen functional groups attached to an aromatic ring is 1. The van der Waals surface area contributed by atoms with Gasteiger partial charge < -0.3 is 25.4 Å². The van der Waals surface area contributed by atoms with Gasteiger partial charge in [-0.3, -0.25) is 0 Å². The monoisotopic (exact) mass is 465 g/mol. The van der Waals surface area contributed by atoms with E-state index in [9.17, 15) is 4.39 Å². The number of rotatable bonds is 6. The number of ether oxygens (including phenoxy) is 2. The fraction of sp³-hybridized carbons (Fsp3) is 0.167. The fourth-order valence-corrected chi connectivity index (χ4v) is 3.97. The van der Waals surface area contributed by atoms with Crippen molar-refractivity contribution in [1.82, 2.24) is 9.97 Å². The van der Waals surface area contributed by atoms with Gasteiger partial charge in [0.1, 0.15) is 30.3 Å². The quantitative estimate of drug-likeness (QED) is 0.422. The third-order valence-electron chi connectivity index (χ3n) is 5.38. The van der Waals surface area contributed by atoms with Crippen molar-refractivity contribution in [3.8, 4) is 5.75 Å². The molecule has 0 radical (unpaired) electrons. The zero-order valence-electron chi connectivity index (χ0n) is 17.5. The highest BCUT2D eigenvalue weighted by atomic mass is 35.5. The van der Waals surface area contributed by atoms with E-state index in [0.29, 0.717) is 29.7 Å². The van der Waals surface area contributed by atoms with Crippen molar-refractivity contribution >= 4 is 39.7 Å². The van der Waals surface area contributed by atoms with Gasteiger partial charge in [-0.2, -0.15) is 0 Å². The lowest BCUT2D eigenvalue weighted by molar-refractivity contribution is 0.134. The molecule has 1 aromatic heterocycles. The Hall–Kier alpha value is -3.62. The van der Waals surface area contributed by atoms with E-state index in [2.05, 4.69) is 20.2 Å². The van der Waals surface area contributed by atoms with Gasteiger partial charge in [0, 0.05) is 23.3 Å². The first-order valence-corrected chi connectivity index (χ1v) is 10.8. The third-order valence-corrected chi connectivity index (χ3v) is 5.67. The van der Waals surface area contributed by atoms with E-state index in [-0.39, 0.29) is 18.8 Å². The lowest BCUT2D eigenvalue weighted by atomic mass is 10.2. The Bertz CT molecular complexity index is 1310. The number of aromatic nitrogens is 2. The van der Waals surface area contributed by atoms with Crippen molar-refractivity contribution in [2.75, 3.05) is 29.1 Å². The molecule has 5 rings (SSSR count). The predicted octanol–water partition coefficient (Wildman–Crippen LogP) is 4.82. The van der Waals surface area contributed by atoms with Crippen LogP contribution in [-0.2, 0) is 11.3 Å². The summed E-state index contributed by atoms with van der Waals surface area (Å²) in [5, 5.41) is 4.61. The lowest BCUT2D eigenvalue weighted by Gasteiger charge is -2.27. The van der Waals surface area contributed by atoms with Gasteiger partial charge in [0.05, 0.1) is 17.1 Å². The van der Waals surface area contributed by atoms with Crippen LogP contribution in [0.25, 0.3) is 10.9 Å². The Labute approximate surface area is 194 Å². The minimum absolute atomic E-state index is 0.225. The van der Waals surface area contributed by atoms with E-state index in [0.717, 1.165) is 27.8 Å². The van der Waals surface area contributed by atoms with E-state index < -0.39 is 0 Å². The number of nitrogens with two attached hydrogens (primary N) is 1. The molecule has 7 nitrogen and oxygen atoms in total. The average Bonchev–Trinajstić information content (AvgIpc) is 3.27. The second-order valence-corrected chi connectivity index (χ2v) is 7.99. The Morgan fingerprint density at radius 1 is 1.15 bits per heavy atom. The summed E-state index contributed by atoms with van der Waals surface area (Å²) in [5.41, 5.74) is 9.21. The molecule has 0 saturated carbocycles. The van der Waals surface area contributed by atoms with Gasteiger partial charge in [0.15, 0.2) is 0 Å². The molecule has 1 fully saturated rings. The van der Waals surface area contributed by atoms with Crippen molar-refractivity contribution in [2.45, 2.75) is 13.0 Å². The summed E-state index contributed by atoms with van der Waals surface area (Å²) >= 11 is 6.48.